The fraction of sp³-hybridized carbons (Fsp3) is 0.240. The van der Waals surface area contributed by atoms with Crippen molar-refractivity contribution in [3.05, 3.63) is 89.7 Å². The Morgan fingerprint density at radius 3 is 2.31 bits per heavy atom. The Morgan fingerprint density at radius 2 is 1.77 bits per heavy atom. The van der Waals surface area contributed by atoms with Gasteiger partial charge in [-0.15, -0.1) is 13.2 Å². The molecule has 188 valence electrons. The predicted octanol–water partition coefficient (Wildman–Crippen LogP) is 5.09. The minimum Gasteiger partial charge on any atom is -0.405 e. The van der Waals surface area contributed by atoms with Gasteiger partial charge in [0, 0.05) is 11.3 Å². The SMILES string of the molecule is C=C(C(C)=CC(=CC)NC(=O)C(O)c1ccc(S(=O)(=O)CC)cc1)c1ccccc1OC(F)(F)F. The first kappa shape index (κ1) is 27.9. The van der Waals surface area contributed by atoms with Crippen LogP contribution in [0.1, 0.15) is 38.0 Å². The molecule has 0 bridgehead atoms. The van der Waals surface area contributed by atoms with Crippen LogP contribution in [0.3, 0.4) is 0 Å². The molecule has 35 heavy (non-hydrogen) atoms. The Balaban J connectivity index is 2.18. The van der Waals surface area contributed by atoms with Crippen LogP contribution >= 0.6 is 0 Å². The van der Waals surface area contributed by atoms with Gasteiger partial charge in [0.1, 0.15) is 5.75 Å². The molecule has 1 atom stereocenters. The summed E-state index contributed by atoms with van der Waals surface area (Å²) < 4.78 is 66.1. The maximum atomic E-state index is 12.7. The van der Waals surface area contributed by atoms with Gasteiger partial charge in [-0.25, -0.2) is 8.42 Å². The van der Waals surface area contributed by atoms with E-state index in [9.17, 15) is 31.5 Å². The predicted molar refractivity (Wildman–Crippen MR) is 127 cm³/mol. The van der Waals surface area contributed by atoms with Crippen molar-refractivity contribution in [2.24, 2.45) is 0 Å². The molecule has 0 radical (unpaired) electrons. The Morgan fingerprint density at radius 1 is 1.17 bits per heavy atom. The van der Waals surface area contributed by atoms with Gasteiger partial charge in [0.15, 0.2) is 15.9 Å². The number of ether oxygens (including phenoxy) is 1. The van der Waals surface area contributed by atoms with Crippen molar-refractivity contribution in [1.82, 2.24) is 5.32 Å². The lowest BCUT2D eigenvalue weighted by atomic mass is 9.99. The number of alkyl halides is 3. The molecule has 2 rings (SSSR count). The van der Waals surface area contributed by atoms with Crippen molar-refractivity contribution in [2.45, 2.75) is 38.1 Å². The van der Waals surface area contributed by atoms with E-state index in [0.717, 1.165) is 0 Å². The van der Waals surface area contributed by atoms with Crippen molar-refractivity contribution >= 4 is 21.3 Å². The Hall–Kier alpha value is -3.37. The third kappa shape index (κ3) is 7.56. The number of nitrogens with one attached hydrogen (secondary N) is 1. The van der Waals surface area contributed by atoms with E-state index >= 15 is 0 Å². The van der Waals surface area contributed by atoms with Gasteiger partial charge >= 0.3 is 6.36 Å². The lowest BCUT2D eigenvalue weighted by Gasteiger charge is -2.16. The van der Waals surface area contributed by atoms with Crippen LogP contribution in [0.25, 0.3) is 5.57 Å². The highest BCUT2D eigenvalue weighted by atomic mass is 32.2. The summed E-state index contributed by atoms with van der Waals surface area (Å²) in [7, 11) is -3.42. The number of hydrogen-bond donors (Lipinski definition) is 2. The average molecular weight is 510 g/mol. The molecule has 0 aliphatic rings. The zero-order valence-electron chi connectivity index (χ0n) is 19.4. The summed E-state index contributed by atoms with van der Waals surface area (Å²) in [5.74, 6) is -1.27. The average Bonchev–Trinajstić information content (AvgIpc) is 2.81. The van der Waals surface area contributed by atoms with E-state index in [4.69, 9.17) is 0 Å². The summed E-state index contributed by atoms with van der Waals surface area (Å²) in [6.07, 6.45) is -3.42. The van der Waals surface area contributed by atoms with Crippen molar-refractivity contribution in [3.63, 3.8) is 0 Å². The second-order valence-electron chi connectivity index (χ2n) is 7.46. The molecule has 0 heterocycles. The second kappa shape index (κ2) is 11.4. The number of rotatable bonds is 9. The number of aliphatic hydroxyl groups is 1. The number of para-hydroxylation sites is 1. The maximum absolute atomic E-state index is 12.7. The summed E-state index contributed by atoms with van der Waals surface area (Å²) in [6, 6.07) is 10.9. The highest BCUT2D eigenvalue weighted by Crippen LogP contribution is 2.33. The van der Waals surface area contributed by atoms with Gasteiger partial charge in [-0.1, -0.05) is 49.9 Å². The zero-order valence-corrected chi connectivity index (χ0v) is 20.2. The third-order valence-corrected chi connectivity index (χ3v) is 6.80. The van der Waals surface area contributed by atoms with Gasteiger partial charge in [-0.2, -0.15) is 0 Å². The van der Waals surface area contributed by atoms with Crippen LogP contribution in [-0.4, -0.2) is 31.5 Å². The van der Waals surface area contributed by atoms with Crippen LogP contribution in [-0.2, 0) is 14.6 Å². The van der Waals surface area contributed by atoms with Crippen LogP contribution in [0.4, 0.5) is 13.2 Å². The summed E-state index contributed by atoms with van der Waals surface area (Å²) in [5, 5.41) is 12.9. The highest BCUT2D eigenvalue weighted by molar-refractivity contribution is 7.91. The number of allylic oxidation sites excluding steroid dienone is 4. The summed E-state index contributed by atoms with van der Waals surface area (Å²) in [6.45, 7) is 8.58. The minimum absolute atomic E-state index is 0.0795. The molecule has 0 fully saturated rings. The number of carbonyl (C=O) groups is 1. The van der Waals surface area contributed by atoms with Crippen molar-refractivity contribution in [1.29, 1.82) is 0 Å². The molecule has 1 amide bonds. The van der Waals surface area contributed by atoms with Crippen molar-refractivity contribution in [3.8, 4) is 5.75 Å². The topological polar surface area (TPSA) is 92.7 Å². The molecule has 2 aromatic rings. The van der Waals surface area contributed by atoms with Gasteiger partial charge in [0.25, 0.3) is 5.91 Å². The number of carbonyl (C=O) groups excluding carboxylic acids is 1. The van der Waals surface area contributed by atoms with Crippen LogP contribution in [0.15, 0.2) is 83.4 Å². The molecule has 2 aromatic carbocycles. The molecule has 2 N–H and O–H groups in total. The molecule has 1 unspecified atom stereocenters. The van der Waals surface area contributed by atoms with E-state index in [2.05, 4.69) is 16.6 Å². The first-order valence-corrected chi connectivity index (χ1v) is 12.1. The van der Waals surface area contributed by atoms with Crippen LogP contribution in [0.5, 0.6) is 5.75 Å². The Bertz CT molecular complexity index is 1250. The Kier molecular flexibility index (Phi) is 9.06. The number of sulfone groups is 1. The summed E-state index contributed by atoms with van der Waals surface area (Å²) in [4.78, 5) is 12.6. The third-order valence-electron chi connectivity index (χ3n) is 5.05. The van der Waals surface area contributed by atoms with E-state index in [0.29, 0.717) is 5.57 Å². The molecule has 0 saturated heterocycles. The van der Waals surface area contributed by atoms with Gasteiger partial charge in [0.2, 0.25) is 0 Å². The fourth-order valence-electron chi connectivity index (χ4n) is 3.04. The van der Waals surface area contributed by atoms with E-state index in [-0.39, 0.29) is 33.0 Å². The number of halogens is 3. The normalized spacial score (nSPS) is 13.8. The molecular formula is C25H26F3NO5S. The molecular weight excluding hydrogens is 483 g/mol. The van der Waals surface area contributed by atoms with Gasteiger partial charge in [-0.05, 0) is 54.8 Å². The minimum atomic E-state index is -4.87. The number of benzene rings is 2. The molecule has 0 spiro atoms. The molecule has 10 heteroatoms. The van der Waals surface area contributed by atoms with E-state index in [1.54, 1.807) is 19.9 Å². The van der Waals surface area contributed by atoms with Crippen molar-refractivity contribution < 1.29 is 36.2 Å². The highest BCUT2D eigenvalue weighted by Gasteiger charge is 2.32. The number of amides is 1. The molecule has 6 nitrogen and oxygen atoms in total. The first-order chi connectivity index (χ1) is 16.3. The molecule has 0 saturated carbocycles. The van der Waals surface area contributed by atoms with Crippen molar-refractivity contribution in [2.75, 3.05) is 5.75 Å². The summed E-state index contributed by atoms with van der Waals surface area (Å²) >= 11 is 0. The quantitative estimate of drug-likeness (QED) is 0.460. The van der Waals surface area contributed by atoms with Crippen LogP contribution in [0, 0.1) is 0 Å². The van der Waals surface area contributed by atoms with Gasteiger partial charge in [0.05, 0.1) is 10.6 Å². The standard InChI is InChI=1S/C25H26F3NO5S/c1-5-19(15-16(3)17(4)21-9-7-8-10-22(21)34-25(26,27)28)29-24(31)23(30)18-11-13-20(14-12-18)35(32,33)6-2/h5,7-15,23,30H,4,6H2,1-3H3,(H,29,31). The largest absolute Gasteiger partial charge is 0.573 e. The van der Waals surface area contributed by atoms with E-state index < -0.39 is 34.0 Å². The lowest BCUT2D eigenvalue weighted by Crippen LogP contribution is -2.28. The first-order valence-electron chi connectivity index (χ1n) is 10.5. The zero-order chi connectivity index (χ0) is 26.4. The number of aliphatic hydroxyl groups excluding tert-OH is 1. The second-order valence-corrected chi connectivity index (χ2v) is 9.74. The maximum Gasteiger partial charge on any atom is 0.573 e. The monoisotopic (exact) mass is 509 g/mol. The smallest absolute Gasteiger partial charge is 0.405 e. The summed E-state index contributed by atoms with van der Waals surface area (Å²) in [5.41, 5.74) is 1.28. The number of hydrogen-bond acceptors (Lipinski definition) is 5. The van der Waals surface area contributed by atoms with Gasteiger partial charge < -0.3 is 15.2 Å². The van der Waals surface area contributed by atoms with E-state index in [1.807, 2.05) is 0 Å². The Labute approximate surface area is 202 Å². The van der Waals surface area contributed by atoms with Crippen LogP contribution in [0.2, 0.25) is 0 Å². The molecule has 0 aromatic heterocycles. The lowest BCUT2D eigenvalue weighted by molar-refractivity contribution is -0.274. The fourth-order valence-corrected chi connectivity index (χ4v) is 3.92. The molecule has 0 aliphatic carbocycles. The van der Waals surface area contributed by atoms with Crippen LogP contribution < -0.4 is 10.1 Å². The van der Waals surface area contributed by atoms with Gasteiger partial charge in [-0.3, -0.25) is 4.79 Å². The molecule has 0 aliphatic heterocycles. The van der Waals surface area contributed by atoms with E-state index in [1.165, 1.54) is 61.5 Å².